The number of nitrogens with zero attached hydrogens (tertiary/aromatic N) is 1. The molecule has 2 rings (SSSR count). The molecule has 96 valence electrons. The van der Waals surface area contributed by atoms with Gasteiger partial charge in [-0.3, -0.25) is 4.90 Å². The molecule has 0 atom stereocenters. The molecule has 0 spiro atoms. The summed E-state index contributed by atoms with van der Waals surface area (Å²) in [5, 5.41) is 8.68. The van der Waals surface area contributed by atoms with Gasteiger partial charge in [0.1, 0.15) is 0 Å². The van der Waals surface area contributed by atoms with Crippen LogP contribution in [-0.2, 0) is 6.54 Å². The number of aliphatic hydroxyl groups excluding tert-OH is 1. The number of piperidine rings is 1. The van der Waals surface area contributed by atoms with Crippen LogP contribution in [0.3, 0.4) is 0 Å². The van der Waals surface area contributed by atoms with Crippen LogP contribution in [0.2, 0.25) is 0 Å². The number of allylic oxidation sites excluding steroid dienone is 2. The third kappa shape index (κ3) is 4.13. The van der Waals surface area contributed by atoms with E-state index in [1.165, 1.54) is 11.1 Å². The fourth-order valence-electron chi connectivity index (χ4n) is 2.27. The summed E-state index contributed by atoms with van der Waals surface area (Å²) in [4.78, 5) is 2.50. The highest BCUT2D eigenvalue weighted by atomic mass is 16.2. The number of hydrogen-bond donors (Lipinski definition) is 1. The van der Waals surface area contributed by atoms with Crippen molar-refractivity contribution in [1.29, 1.82) is 0 Å². The topological polar surface area (TPSA) is 23.5 Å². The Bertz CT molecular complexity index is 398. The number of rotatable bonds is 4. The fourth-order valence-corrected chi connectivity index (χ4v) is 2.27. The first-order valence-electron chi connectivity index (χ1n) is 6.60. The van der Waals surface area contributed by atoms with Crippen molar-refractivity contribution >= 4 is 0 Å². The summed E-state index contributed by atoms with van der Waals surface area (Å²) >= 11 is 0. The van der Waals surface area contributed by atoms with Crippen LogP contribution in [-0.4, -0.2) is 29.7 Å². The van der Waals surface area contributed by atoms with E-state index in [0.717, 1.165) is 32.5 Å². The molecule has 0 amide bonds. The molecular formula is C16H21NO. The lowest BCUT2D eigenvalue weighted by molar-refractivity contribution is 0.248. The predicted octanol–water partition coefficient (Wildman–Crippen LogP) is 2.76. The minimum absolute atomic E-state index is 0.129. The third-order valence-electron chi connectivity index (χ3n) is 3.32. The molecule has 1 saturated heterocycles. The van der Waals surface area contributed by atoms with Crippen molar-refractivity contribution in [2.45, 2.75) is 19.4 Å². The highest BCUT2D eigenvalue weighted by molar-refractivity contribution is 5.17. The van der Waals surface area contributed by atoms with Crippen molar-refractivity contribution in [2.75, 3.05) is 19.7 Å². The Balaban J connectivity index is 1.80. The third-order valence-corrected chi connectivity index (χ3v) is 3.32. The molecule has 1 fully saturated rings. The molecule has 0 bridgehead atoms. The minimum Gasteiger partial charge on any atom is -0.392 e. The Morgan fingerprint density at radius 1 is 1.11 bits per heavy atom. The number of aliphatic hydroxyl groups is 1. The summed E-state index contributed by atoms with van der Waals surface area (Å²) in [6, 6.07) is 10.6. The lowest BCUT2D eigenvalue weighted by Crippen LogP contribution is -2.30. The number of likely N-dealkylation sites (tertiary alicyclic amines) is 1. The van der Waals surface area contributed by atoms with Crippen molar-refractivity contribution in [1.82, 2.24) is 4.90 Å². The maximum absolute atomic E-state index is 8.68. The molecule has 0 unspecified atom stereocenters. The molecule has 2 heteroatoms. The van der Waals surface area contributed by atoms with Crippen LogP contribution in [0.1, 0.15) is 18.4 Å². The second-order valence-corrected chi connectivity index (χ2v) is 4.70. The normalized spacial score (nSPS) is 17.3. The van der Waals surface area contributed by atoms with Crippen LogP contribution in [0.25, 0.3) is 0 Å². The Morgan fingerprint density at radius 3 is 2.50 bits per heavy atom. The van der Waals surface area contributed by atoms with Crippen LogP contribution in [0.4, 0.5) is 0 Å². The van der Waals surface area contributed by atoms with E-state index in [0.29, 0.717) is 0 Å². The van der Waals surface area contributed by atoms with Gasteiger partial charge in [-0.25, -0.2) is 0 Å². The van der Waals surface area contributed by atoms with E-state index in [9.17, 15) is 0 Å². The van der Waals surface area contributed by atoms with E-state index in [2.05, 4.69) is 41.3 Å². The monoisotopic (exact) mass is 243 g/mol. The van der Waals surface area contributed by atoms with E-state index in [4.69, 9.17) is 5.11 Å². The summed E-state index contributed by atoms with van der Waals surface area (Å²) in [5.41, 5.74) is 2.88. The van der Waals surface area contributed by atoms with E-state index in [1.54, 1.807) is 6.08 Å². The Kier molecular flexibility index (Phi) is 5.18. The van der Waals surface area contributed by atoms with E-state index < -0.39 is 0 Å². The first kappa shape index (κ1) is 13.1. The summed E-state index contributed by atoms with van der Waals surface area (Å²) in [6.07, 6.45) is 8.17. The van der Waals surface area contributed by atoms with Gasteiger partial charge in [0, 0.05) is 19.6 Å². The molecule has 1 N–H and O–H groups in total. The van der Waals surface area contributed by atoms with Crippen molar-refractivity contribution in [3.05, 3.63) is 59.7 Å². The Morgan fingerprint density at radius 2 is 1.83 bits per heavy atom. The lowest BCUT2D eigenvalue weighted by Gasteiger charge is -2.28. The van der Waals surface area contributed by atoms with Gasteiger partial charge in [-0.15, -0.1) is 0 Å². The highest BCUT2D eigenvalue weighted by Gasteiger charge is 2.13. The minimum atomic E-state index is 0.129. The zero-order chi connectivity index (χ0) is 12.6. The molecule has 1 aromatic carbocycles. The van der Waals surface area contributed by atoms with Crippen molar-refractivity contribution in [3.63, 3.8) is 0 Å². The first-order valence-corrected chi connectivity index (χ1v) is 6.60. The molecule has 0 aliphatic carbocycles. The summed E-state index contributed by atoms with van der Waals surface area (Å²) in [6.45, 7) is 3.45. The van der Waals surface area contributed by atoms with Gasteiger partial charge in [-0.1, -0.05) is 54.1 Å². The van der Waals surface area contributed by atoms with Gasteiger partial charge in [0.2, 0.25) is 0 Å². The maximum atomic E-state index is 8.68. The molecule has 1 heterocycles. The molecule has 2 nitrogen and oxygen atoms in total. The van der Waals surface area contributed by atoms with Gasteiger partial charge in [-0.2, -0.15) is 0 Å². The second kappa shape index (κ2) is 7.14. The average molecular weight is 243 g/mol. The molecule has 18 heavy (non-hydrogen) atoms. The zero-order valence-corrected chi connectivity index (χ0v) is 10.8. The second-order valence-electron chi connectivity index (χ2n) is 4.70. The molecule has 1 aromatic rings. The molecule has 1 aliphatic rings. The van der Waals surface area contributed by atoms with Crippen LogP contribution >= 0.6 is 0 Å². The Labute approximate surface area is 109 Å². The maximum Gasteiger partial charge on any atom is 0.0615 e. The van der Waals surface area contributed by atoms with Crippen LogP contribution < -0.4 is 0 Å². The summed E-state index contributed by atoms with van der Waals surface area (Å²) in [7, 11) is 0. The molecule has 0 aromatic heterocycles. The predicted molar refractivity (Wildman–Crippen MR) is 75.3 cm³/mol. The molecule has 0 radical (unpaired) electrons. The highest BCUT2D eigenvalue weighted by Crippen LogP contribution is 2.18. The van der Waals surface area contributed by atoms with E-state index >= 15 is 0 Å². The Hall–Kier alpha value is -1.38. The number of benzene rings is 1. The van der Waals surface area contributed by atoms with Gasteiger partial charge in [0.05, 0.1) is 6.61 Å². The summed E-state index contributed by atoms with van der Waals surface area (Å²) < 4.78 is 0. The van der Waals surface area contributed by atoms with Gasteiger partial charge in [0.15, 0.2) is 0 Å². The van der Waals surface area contributed by atoms with Gasteiger partial charge >= 0.3 is 0 Å². The largest absolute Gasteiger partial charge is 0.392 e. The van der Waals surface area contributed by atoms with Gasteiger partial charge in [0.25, 0.3) is 0 Å². The fraction of sp³-hybridized carbons (Fsp3) is 0.375. The van der Waals surface area contributed by atoms with Crippen LogP contribution in [0.15, 0.2) is 54.1 Å². The van der Waals surface area contributed by atoms with Crippen molar-refractivity contribution in [3.8, 4) is 0 Å². The zero-order valence-electron chi connectivity index (χ0n) is 10.8. The molecule has 1 aliphatic heterocycles. The van der Waals surface area contributed by atoms with Crippen molar-refractivity contribution in [2.24, 2.45) is 0 Å². The number of hydrogen-bond acceptors (Lipinski definition) is 2. The first-order chi connectivity index (χ1) is 8.88. The van der Waals surface area contributed by atoms with Gasteiger partial charge in [-0.05, 0) is 18.4 Å². The SMILES string of the molecule is OC/C=C/C=C1CCN(Cc2ccccc2)CC1. The summed E-state index contributed by atoms with van der Waals surface area (Å²) in [5.74, 6) is 0. The van der Waals surface area contributed by atoms with Crippen LogP contribution in [0, 0.1) is 0 Å². The smallest absolute Gasteiger partial charge is 0.0615 e. The van der Waals surface area contributed by atoms with Crippen LogP contribution in [0.5, 0.6) is 0 Å². The lowest BCUT2D eigenvalue weighted by atomic mass is 10.0. The van der Waals surface area contributed by atoms with E-state index in [-0.39, 0.29) is 6.61 Å². The van der Waals surface area contributed by atoms with E-state index in [1.807, 2.05) is 6.08 Å². The quantitative estimate of drug-likeness (QED) is 0.879. The standard InChI is InChI=1S/C16H21NO/c18-13-5-4-6-15-9-11-17(12-10-15)14-16-7-2-1-3-8-16/h1-8,18H,9-14H2/b5-4+. The molecule has 0 saturated carbocycles. The average Bonchev–Trinajstić information content (AvgIpc) is 2.42. The van der Waals surface area contributed by atoms with Gasteiger partial charge < -0.3 is 5.11 Å². The molecular weight excluding hydrogens is 222 g/mol. The van der Waals surface area contributed by atoms with Crippen molar-refractivity contribution < 1.29 is 5.11 Å².